The standard InChI is InChI=1S/C18H25NO2/c1-2-18(9-3-4-10-18)16(20)14-8-7-13-6-5-11-19-17(21)15(13)12-14/h7-8,12,16,20H,2-6,9-11H2,1H3,(H,19,21). The van der Waals surface area contributed by atoms with Crippen LogP contribution in [0.25, 0.3) is 0 Å². The number of fused-ring (bicyclic) bond motifs is 1. The third-order valence-electron chi connectivity index (χ3n) is 5.49. The van der Waals surface area contributed by atoms with Crippen molar-refractivity contribution in [3.63, 3.8) is 0 Å². The van der Waals surface area contributed by atoms with Gasteiger partial charge in [-0.3, -0.25) is 4.79 Å². The summed E-state index contributed by atoms with van der Waals surface area (Å²) in [7, 11) is 0. The minimum absolute atomic E-state index is 0.00789. The molecule has 2 N–H and O–H groups in total. The summed E-state index contributed by atoms with van der Waals surface area (Å²) in [6, 6.07) is 5.99. The maximum absolute atomic E-state index is 12.2. The molecule has 3 nitrogen and oxygen atoms in total. The molecule has 1 saturated carbocycles. The number of rotatable bonds is 3. The second-order valence-electron chi connectivity index (χ2n) is 6.60. The van der Waals surface area contributed by atoms with E-state index < -0.39 is 6.10 Å². The number of carbonyl (C=O) groups excluding carboxylic acids is 1. The van der Waals surface area contributed by atoms with Gasteiger partial charge in [0.25, 0.3) is 5.91 Å². The van der Waals surface area contributed by atoms with Crippen molar-refractivity contribution in [1.82, 2.24) is 5.32 Å². The summed E-state index contributed by atoms with van der Waals surface area (Å²) in [5.41, 5.74) is 2.79. The van der Waals surface area contributed by atoms with E-state index in [4.69, 9.17) is 0 Å². The first-order valence-electron chi connectivity index (χ1n) is 8.25. The summed E-state index contributed by atoms with van der Waals surface area (Å²) in [5.74, 6) is 0.00789. The Morgan fingerprint density at radius 2 is 2.05 bits per heavy atom. The van der Waals surface area contributed by atoms with E-state index in [0.29, 0.717) is 0 Å². The number of benzene rings is 1. The van der Waals surface area contributed by atoms with Gasteiger partial charge in [0.15, 0.2) is 0 Å². The van der Waals surface area contributed by atoms with Crippen LogP contribution in [0, 0.1) is 5.41 Å². The molecular weight excluding hydrogens is 262 g/mol. The summed E-state index contributed by atoms with van der Waals surface area (Å²) in [6.45, 7) is 2.91. The molecule has 1 fully saturated rings. The summed E-state index contributed by atoms with van der Waals surface area (Å²) in [4.78, 5) is 12.2. The highest BCUT2D eigenvalue weighted by molar-refractivity contribution is 5.96. The highest BCUT2D eigenvalue weighted by Gasteiger charge is 2.39. The van der Waals surface area contributed by atoms with Crippen molar-refractivity contribution >= 4 is 5.91 Å². The van der Waals surface area contributed by atoms with Gasteiger partial charge in [-0.25, -0.2) is 0 Å². The van der Waals surface area contributed by atoms with Crippen LogP contribution in [0.5, 0.6) is 0 Å². The van der Waals surface area contributed by atoms with Crippen molar-refractivity contribution in [3.8, 4) is 0 Å². The molecule has 1 aromatic rings. The van der Waals surface area contributed by atoms with Crippen molar-refractivity contribution in [1.29, 1.82) is 0 Å². The minimum atomic E-state index is -0.452. The van der Waals surface area contributed by atoms with E-state index in [9.17, 15) is 9.90 Å². The van der Waals surface area contributed by atoms with Gasteiger partial charge in [-0.1, -0.05) is 31.9 Å². The van der Waals surface area contributed by atoms with Crippen LogP contribution < -0.4 is 5.32 Å². The van der Waals surface area contributed by atoms with Crippen LogP contribution in [-0.2, 0) is 6.42 Å². The molecule has 2 aliphatic rings. The molecular formula is C18H25NO2. The number of nitrogens with one attached hydrogen (secondary N) is 1. The summed E-state index contributed by atoms with van der Waals surface area (Å²) >= 11 is 0. The van der Waals surface area contributed by atoms with Crippen LogP contribution in [0.15, 0.2) is 18.2 Å². The van der Waals surface area contributed by atoms with Crippen molar-refractivity contribution in [2.45, 2.75) is 58.0 Å². The molecule has 114 valence electrons. The van der Waals surface area contributed by atoms with E-state index in [-0.39, 0.29) is 11.3 Å². The van der Waals surface area contributed by atoms with Crippen LogP contribution >= 0.6 is 0 Å². The zero-order chi connectivity index (χ0) is 14.9. The Hall–Kier alpha value is -1.35. The van der Waals surface area contributed by atoms with Crippen LogP contribution in [0.2, 0.25) is 0 Å². The maximum atomic E-state index is 12.2. The fraction of sp³-hybridized carbons (Fsp3) is 0.611. The van der Waals surface area contributed by atoms with Gasteiger partial charge >= 0.3 is 0 Å². The maximum Gasteiger partial charge on any atom is 0.251 e. The molecule has 1 amide bonds. The number of hydrogen-bond donors (Lipinski definition) is 2. The molecule has 0 bridgehead atoms. The highest BCUT2D eigenvalue weighted by atomic mass is 16.3. The third kappa shape index (κ3) is 2.59. The van der Waals surface area contributed by atoms with Gasteiger partial charge in [0.05, 0.1) is 6.10 Å². The molecule has 0 radical (unpaired) electrons. The molecule has 0 spiro atoms. The smallest absolute Gasteiger partial charge is 0.251 e. The van der Waals surface area contributed by atoms with Crippen molar-refractivity contribution in [2.24, 2.45) is 5.41 Å². The predicted octanol–water partition coefficient (Wildman–Crippen LogP) is 3.37. The average Bonchev–Trinajstić information content (AvgIpc) is 2.93. The van der Waals surface area contributed by atoms with Gasteiger partial charge in [0.1, 0.15) is 0 Å². The van der Waals surface area contributed by atoms with E-state index in [1.807, 2.05) is 18.2 Å². The first-order chi connectivity index (χ1) is 10.2. The van der Waals surface area contributed by atoms with Crippen molar-refractivity contribution in [3.05, 3.63) is 34.9 Å². The molecule has 3 heteroatoms. The molecule has 1 heterocycles. The van der Waals surface area contributed by atoms with Crippen LogP contribution in [0.1, 0.15) is 73.0 Å². The van der Waals surface area contributed by atoms with Crippen LogP contribution in [-0.4, -0.2) is 17.6 Å². The Morgan fingerprint density at radius 1 is 1.29 bits per heavy atom. The Labute approximate surface area is 126 Å². The lowest BCUT2D eigenvalue weighted by Crippen LogP contribution is -2.26. The van der Waals surface area contributed by atoms with Gasteiger partial charge in [0, 0.05) is 17.5 Å². The molecule has 1 aliphatic heterocycles. The van der Waals surface area contributed by atoms with Gasteiger partial charge in [0.2, 0.25) is 0 Å². The Morgan fingerprint density at radius 3 is 2.76 bits per heavy atom. The van der Waals surface area contributed by atoms with E-state index in [1.54, 1.807) is 0 Å². The normalized spacial score (nSPS) is 22.3. The van der Waals surface area contributed by atoms with Gasteiger partial charge < -0.3 is 10.4 Å². The fourth-order valence-electron chi connectivity index (χ4n) is 4.02. The molecule has 1 atom stereocenters. The minimum Gasteiger partial charge on any atom is -0.388 e. The van der Waals surface area contributed by atoms with E-state index >= 15 is 0 Å². The van der Waals surface area contributed by atoms with Gasteiger partial charge in [-0.15, -0.1) is 0 Å². The van der Waals surface area contributed by atoms with Crippen molar-refractivity contribution < 1.29 is 9.90 Å². The number of aliphatic hydroxyl groups is 1. The zero-order valence-corrected chi connectivity index (χ0v) is 12.8. The fourth-order valence-corrected chi connectivity index (χ4v) is 4.02. The van der Waals surface area contributed by atoms with Gasteiger partial charge in [-0.2, -0.15) is 0 Å². The molecule has 0 saturated heterocycles. The van der Waals surface area contributed by atoms with Crippen LogP contribution in [0.4, 0.5) is 0 Å². The molecule has 1 aromatic carbocycles. The average molecular weight is 287 g/mol. The lowest BCUT2D eigenvalue weighted by Gasteiger charge is -2.33. The van der Waals surface area contributed by atoms with E-state index in [0.717, 1.165) is 55.3 Å². The molecule has 0 aromatic heterocycles. The molecule has 21 heavy (non-hydrogen) atoms. The first-order valence-corrected chi connectivity index (χ1v) is 8.25. The molecule has 1 aliphatic carbocycles. The summed E-state index contributed by atoms with van der Waals surface area (Å²) in [5, 5.41) is 13.8. The second kappa shape index (κ2) is 5.80. The Bertz CT molecular complexity index is 532. The summed E-state index contributed by atoms with van der Waals surface area (Å²) < 4.78 is 0. The molecule has 1 unspecified atom stereocenters. The Balaban J connectivity index is 1.94. The topological polar surface area (TPSA) is 49.3 Å². The zero-order valence-electron chi connectivity index (χ0n) is 12.8. The largest absolute Gasteiger partial charge is 0.388 e. The monoisotopic (exact) mass is 287 g/mol. The quantitative estimate of drug-likeness (QED) is 0.895. The SMILES string of the molecule is CCC1(C(O)c2ccc3c(c2)C(=O)NCCC3)CCCC1. The Kier molecular flexibility index (Phi) is 4.03. The lowest BCUT2D eigenvalue weighted by atomic mass is 9.75. The number of carbonyl (C=O) groups is 1. The van der Waals surface area contributed by atoms with E-state index in [1.165, 1.54) is 12.8 Å². The summed E-state index contributed by atoms with van der Waals surface area (Å²) in [6.07, 6.45) is 7.06. The number of aryl methyl sites for hydroxylation is 1. The number of aliphatic hydroxyl groups excluding tert-OH is 1. The van der Waals surface area contributed by atoms with Crippen LogP contribution in [0.3, 0.4) is 0 Å². The van der Waals surface area contributed by atoms with E-state index in [2.05, 4.69) is 12.2 Å². The first kappa shape index (κ1) is 14.6. The predicted molar refractivity (Wildman–Crippen MR) is 83.2 cm³/mol. The lowest BCUT2D eigenvalue weighted by molar-refractivity contribution is 0.0237. The third-order valence-corrected chi connectivity index (χ3v) is 5.49. The molecule has 3 rings (SSSR count). The number of hydrogen-bond acceptors (Lipinski definition) is 2. The highest BCUT2D eigenvalue weighted by Crippen LogP contribution is 2.50. The van der Waals surface area contributed by atoms with Crippen molar-refractivity contribution in [2.75, 3.05) is 6.54 Å². The van der Waals surface area contributed by atoms with Gasteiger partial charge in [-0.05, 0) is 49.3 Å². The second-order valence-corrected chi connectivity index (χ2v) is 6.60. The number of amides is 1.